The number of carbonyl (C=O) groups excluding carboxylic acids is 2. The summed E-state index contributed by atoms with van der Waals surface area (Å²) in [4.78, 5) is 26.5. The maximum absolute atomic E-state index is 12.6. The van der Waals surface area contributed by atoms with Crippen LogP contribution in [0.2, 0.25) is 5.02 Å². The molecule has 0 unspecified atom stereocenters. The van der Waals surface area contributed by atoms with Crippen LogP contribution in [-0.4, -0.2) is 25.5 Å². The quantitative estimate of drug-likeness (QED) is 0.805. The van der Waals surface area contributed by atoms with Crippen molar-refractivity contribution in [3.63, 3.8) is 0 Å². The van der Waals surface area contributed by atoms with Crippen LogP contribution in [0.5, 0.6) is 5.75 Å². The fourth-order valence-corrected chi connectivity index (χ4v) is 3.20. The molecule has 0 bridgehead atoms. The van der Waals surface area contributed by atoms with Crippen LogP contribution in [0.3, 0.4) is 0 Å². The first-order chi connectivity index (χ1) is 12.0. The Hall–Kier alpha value is -2.05. The molecular formula is C18H16BrClN2O3. The number of carbonyl (C=O) groups is 2. The van der Waals surface area contributed by atoms with Crippen molar-refractivity contribution in [2.45, 2.75) is 6.42 Å². The summed E-state index contributed by atoms with van der Waals surface area (Å²) in [6.45, 7) is 0.342. The average Bonchev–Trinajstić information content (AvgIpc) is 2.98. The Morgan fingerprint density at radius 2 is 2.00 bits per heavy atom. The SMILES string of the molecule is COc1ccc(Cl)cc1NC(=O)[C@H]1CC(=O)N(c2ccc(Br)cc2)C1. The van der Waals surface area contributed by atoms with Gasteiger partial charge in [0.2, 0.25) is 11.8 Å². The molecule has 0 saturated carbocycles. The zero-order valence-electron chi connectivity index (χ0n) is 13.5. The van der Waals surface area contributed by atoms with Crippen LogP contribution < -0.4 is 15.0 Å². The molecule has 1 fully saturated rings. The molecule has 0 aromatic heterocycles. The Morgan fingerprint density at radius 3 is 2.68 bits per heavy atom. The van der Waals surface area contributed by atoms with E-state index in [0.717, 1.165) is 10.2 Å². The number of rotatable bonds is 4. The summed E-state index contributed by atoms with van der Waals surface area (Å²) in [5.41, 5.74) is 1.28. The largest absolute Gasteiger partial charge is 0.495 e. The smallest absolute Gasteiger partial charge is 0.229 e. The number of nitrogens with one attached hydrogen (secondary N) is 1. The second-order valence-electron chi connectivity index (χ2n) is 5.72. The number of nitrogens with zero attached hydrogens (tertiary/aromatic N) is 1. The van der Waals surface area contributed by atoms with Gasteiger partial charge in [-0.05, 0) is 42.5 Å². The van der Waals surface area contributed by atoms with E-state index in [1.54, 1.807) is 23.1 Å². The second kappa shape index (κ2) is 7.45. The van der Waals surface area contributed by atoms with Gasteiger partial charge in [0, 0.05) is 28.1 Å². The van der Waals surface area contributed by atoms with Gasteiger partial charge in [-0.15, -0.1) is 0 Å². The molecule has 7 heteroatoms. The third-order valence-electron chi connectivity index (χ3n) is 4.05. The van der Waals surface area contributed by atoms with E-state index in [1.807, 2.05) is 24.3 Å². The molecule has 1 aliphatic rings. The monoisotopic (exact) mass is 422 g/mol. The van der Waals surface area contributed by atoms with Gasteiger partial charge >= 0.3 is 0 Å². The third-order valence-corrected chi connectivity index (χ3v) is 4.82. The molecule has 1 atom stereocenters. The zero-order chi connectivity index (χ0) is 18.0. The summed E-state index contributed by atoms with van der Waals surface area (Å²) in [6.07, 6.45) is 0.171. The highest BCUT2D eigenvalue weighted by molar-refractivity contribution is 9.10. The topological polar surface area (TPSA) is 58.6 Å². The molecule has 1 N–H and O–H groups in total. The summed E-state index contributed by atoms with van der Waals surface area (Å²) in [6, 6.07) is 12.4. The van der Waals surface area contributed by atoms with Crippen LogP contribution in [-0.2, 0) is 9.59 Å². The van der Waals surface area contributed by atoms with E-state index in [9.17, 15) is 9.59 Å². The van der Waals surface area contributed by atoms with Crippen LogP contribution in [0.4, 0.5) is 11.4 Å². The Morgan fingerprint density at radius 1 is 1.28 bits per heavy atom. The number of amides is 2. The molecule has 1 heterocycles. The van der Waals surface area contributed by atoms with Crippen molar-refractivity contribution < 1.29 is 14.3 Å². The summed E-state index contributed by atoms with van der Waals surface area (Å²) in [5, 5.41) is 3.31. The van der Waals surface area contributed by atoms with Crippen molar-refractivity contribution >= 4 is 50.7 Å². The molecule has 130 valence electrons. The van der Waals surface area contributed by atoms with Crippen LogP contribution in [0.1, 0.15) is 6.42 Å². The maximum atomic E-state index is 12.6. The van der Waals surface area contributed by atoms with Gasteiger partial charge in [0.25, 0.3) is 0 Å². The molecule has 1 saturated heterocycles. The Balaban J connectivity index is 1.73. The standard InChI is InChI=1S/C18H16BrClN2O3/c1-25-16-7-4-13(20)9-15(16)21-18(24)11-8-17(23)22(10-11)14-5-2-12(19)3-6-14/h2-7,9,11H,8,10H2,1H3,(H,21,24)/t11-/m0/s1. The zero-order valence-corrected chi connectivity index (χ0v) is 15.8. The number of anilines is 2. The molecule has 3 rings (SSSR count). The molecular weight excluding hydrogens is 408 g/mol. The molecule has 5 nitrogen and oxygen atoms in total. The minimum Gasteiger partial charge on any atom is -0.495 e. The van der Waals surface area contributed by atoms with Crippen molar-refractivity contribution in [2.75, 3.05) is 23.9 Å². The van der Waals surface area contributed by atoms with Crippen LogP contribution in [0.25, 0.3) is 0 Å². The van der Waals surface area contributed by atoms with Gasteiger partial charge in [-0.2, -0.15) is 0 Å². The molecule has 0 radical (unpaired) electrons. The van der Waals surface area contributed by atoms with E-state index in [-0.39, 0.29) is 18.2 Å². The molecule has 1 aliphatic heterocycles. The van der Waals surface area contributed by atoms with Crippen molar-refractivity contribution in [1.82, 2.24) is 0 Å². The lowest BCUT2D eigenvalue weighted by Crippen LogP contribution is -2.28. The number of ether oxygens (including phenoxy) is 1. The highest BCUT2D eigenvalue weighted by Crippen LogP contribution is 2.30. The Kier molecular flexibility index (Phi) is 5.30. The van der Waals surface area contributed by atoms with E-state index in [1.165, 1.54) is 7.11 Å². The average molecular weight is 424 g/mol. The lowest BCUT2D eigenvalue weighted by atomic mass is 10.1. The van der Waals surface area contributed by atoms with Gasteiger partial charge in [0.05, 0.1) is 18.7 Å². The first-order valence-electron chi connectivity index (χ1n) is 7.68. The highest BCUT2D eigenvalue weighted by atomic mass is 79.9. The molecule has 0 spiro atoms. The van der Waals surface area contributed by atoms with Gasteiger partial charge < -0.3 is 15.0 Å². The number of hydrogen-bond donors (Lipinski definition) is 1. The molecule has 25 heavy (non-hydrogen) atoms. The number of hydrogen-bond acceptors (Lipinski definition) is 3. The number of halogens is 2. The van der Waals surface area contributed by atoms with E-state index in [4.69, 9.17) is 16.3 Å². The van der Waals surface area contributed by atoms with Crippen molar-refractivity contribution in [1.29, 1.82) is 0 Å². The van der Waals surface area contributed by atoms with Crippen molar-refractivity contribution in [2.24, 2.45) is 5.92 Å². The molecule has 2 aromatic rings. The fourth-order valence-electron chi connectivity index (χ4n) is 2.77. The Labute approximate surface area is 159 Å². The van der Waals surface area contributed by atoms with E-state index >= 15 is 0 Å². The molecule has 2 aromatic carbocycles. The van der Waals surface area contributed by atoms with Crippen LogP contribution >= 0.6 is 27.5 Å². The summed E-state index contributed by atoms with van der Waals surface area (Å²) in [7, 11) is 1.52. The lowest BCUT2D eigenvalue weighted by Gasteiger charge is -2.17. The van der Waals surface area contributed by atoms with Crippen LogP contribution in [0.15, 0.2) is 46.9 Å². The summed E-state index contributed by atoms with van der Waals surface area (Å²) in [5.74, 6) is -0.208. The normalized spacial score (nSPS) is 16.8. The van der Waals surface area contributed by atoms with E-state index in [0.29, 0.717) is 23.0 Å². The summed E-state index contributed by atoms with van der Waals surface area (Å²) >= 11 is 9.35. The highest BCUT2D eigenvalue weighted by Gasteiger charge is 2.35. The van der Waals surface area contributed by atoms with Crippen LogP contribution in [0, 0.1) is 5.92 Å². The Bertz CT molecular complexity index is 810. The molecule has 0 aliphatic carbocycles. The van der Waals surface area contributed by atoms with Gasteiger partial charge in [0.1, 0.15) is 5.75 Å². The van der Waals surface area contributed by atoms with Gasteiger partial charge in [-0.25, -0.2) is 0 Å². The van der Waals surface area contributed by atoms with Crippen molar-refractivity contribution in [3.8, 4) is 5.75 Å². The third kappa shape index (κ3) is 3.96. The fraction of sp³-hybridized carbons (Fsp3) is 0.222. The molecule has 2 amide bonds. The number of methoxy groups -OCH3 is 1. The van der Waals surface area contributed by atoms with E-state index in [2.05, 4.69) is 21.2 Å². The predicted octanol–water partition coefficient (Wildman–Crippen LogP) is 4.10. The lowest BCUT2D eigenvalue weighted by molar-refractivity contribution is -0.122. The van der Waals surface area contributed by atoms with Gasteiger partial charge in [0.15, 0.2) is 0 Å². The minimum absolute atomic E-state index is 0.0690. The van der Waals surface area contributed by atoms with E-state index < -0.39 is 5.92 Å². The maximum Gasteiger partial charge on any atom is 0.229 e. The predicted molar refractivity (Wildman–Crippen MR) is 101 cm³/mol. The first kappa shape index (κ1) is 17.8. The van der Waals surface area contributed by atoms with Crippen molar-refractivity contribution in [3.05, 3.63) is 52.0 Å². The van der Waals surface area contributed by atoms with Gasteiger partial charge in [-0.1, -0.05) is 27.5 Å². The number of benzene rings is 2. The van der Waals surface area contributed by atoms with Gasteiger partial charge in [-0.3, -0.25) is 9.59 Å². The minimum atomic E-state index is -0.431. The summed E-state index contributed by atoms with van der Waals surface area (Å²) < 4.78 is 6.17. The first-order valence-corrected chi connectivity index (χ1v) is 8.85. The second-order valence-corrected chi connectivity index (χ2v) is 7.07.